The van der Waals surface area contributed by atoms with E-state index in [-0.39, 0.29) is 22.5 Å². The van der Waals surface area contributed by atoms with Gasteiger partial charge in [0, 0.05) is 5.54 Å². The average Bonchev–Trinajstić information content (AvgIpc) is 2.82. The summed E-state index contributed by atoms with van der Waals surface area (Å²) in [6.07, 6.45) is 36.1. The van der Waals surface area contributed by atoms with Gasteiger partial charge in [0.15, 0.2) is 0 Å². The van der Waals surface area contributed by atoms with E-state index in [0.717, 1.165) is 5.92 Å². The lowest BCUT2D eigenvalue weighted by Crippen LogP contribution is -2.47. The standard InChI is InChI=1S/C32H67N.BrH/c1-5-9-13-17-18-19-20-21-22-24-28-31(27-23-14-10-6-2)32(33,29-25-15-11-7-3)30-26-16-12-8-4;/h31H,5-30,33H2,1-4H3;1H. The third-order valence-corrected chi connectivity index (χ3v) is 8.12. The number of hydrogen-bond donors (Lipinski definition) is 1. The van der Waals surface area contributed by atoms with Gasteiger partial charge in [0.2, 0.25) is 0 Å². The Morgan fingerprint density at radius 2 is 0.676 bits per heavy atom. The molecular formula is C32H68BrN. The smallest absolute Gasteiger partial charge is 0.0182 e. The van der Waals surface area contributed by atoms with Crippen LogP contribution in [-0.2, 0) is 0 Å². The van der Waals surface area contributed by atoms with Gasteiger partial charge in [-0.05, 0) is 31.6 Å². The summed E-state index contributed by atoms with van der Waals surface area (Å²) in [5, 5.41) is 0. The molecule has 0 aliphatic rings. The van der Waals surface area contributed by atoms with E-state index in [4.69, 9.17) is 5.73 Å². The first kappa shape index (κ1) is 36.6. The maximum Gasteiger partial charge on any atom is 0.0182 e. The van der Waals surface area contributed by atoms with Crippen LogP contribution < -0.4 is 5.73 Å². The fourth-order valence-electron chi connectivity index (χ4n) is 5.71. The topological polar surface area (TPSA) is 26.0 Å². The molecule has 0 aromatic carbocycles. The molecule has 0 aromatic rings. The van der Waals surface area contributed by atoms with E-state index >= 15 is 0 Å². The molecule has 0 aromatic heterocycles. The van der Waals surface area contributed by atoms with Gasteiger partial charge >= 0.3 is 0 Å². The van der Waals surface area contributed by atoms with E-state index in [1.54, 1.807) is 0 Å². The van der Waals surface area contributed by atoms with Gasteiger partial charge in [-0.25, -0.2) is 0 Å². The third kappa shape index (κ3) is 21.7. The van der Waals surface area contributed by atoms with Crippen molar-refractivity contribution in [1.29, 1.82) is 0 Å². The predicted molar refractivity (Wildman–Crippen MR) is 163 cm³/mol. The van der Waals surface area contributed by atoms with Gasteiger partial charge in [0.1, 0.15) is 0 Å². The van der Waals surface area contributed by atoms with Gasteiger partial charge < -0.3 is 5.73 Å². The molecule has 0 rings (SSSR count). The van der Waals surface area contributed by atoms with Crippen LogP contribution in [0.3, 0.4) is 0 Å². The molecule has 0 heterocycles. The highest BCUT2D eigenvalue weighted by Gasteiger charge is 2.33. The normalized spacial score (nSPS) is 12.6. The Morgan fingerprint density at radius 3 is 1.03 bits per heavy atom. The molecule has 0 amide bonds. The van der Waals surface area contributed by atoms with E-state index in [2.05, 4.69) is 27.7 Å². The average molecular weight is 547 g/mol. The highest BCUT2D eigenvalue weighted by atomic mass is 79.9. The monoisotopic (exact) mass is 545 g/mol. The first-order chi connectivity index (χ1) is 16.1. The Kier molecular flexibility index (Phi) is 30.2. The zero-order chi connectivity index (χ0) is 24.5. The van der Waals surface area contributed by atoms with E-state index in [9.17, 15) is 0 Å². The molecule has 1 unspecified atom stereocenters. The first-order valence-corrected chi connectivity index (χ1v) is 15.9. The van der Waals surface area contributed by atoms with Crippen molar-refractivity contribution in [2.45, 2.75) is 200 Å². The van der Waals surface area contributed by atoms with E-state index in [0.29, 0.717) is 0 Å². The van der Waals surface area contributed by atoms with Crippen LogP contribution in [0.1, 0.15) is 195 Å². The lowest BCUT2D eigenvalue weighted by molar-refractivity contribution is 0.190. The minimum atomic E-state index is 0. The fraction of sp³-hybridized carbons (Fsp3) is 1.00. The van der Waals surface area contributed by atoms with Crippen molar-refractivity contribution < 1.29 is 0 Å². The molecule has 2 heteroatoms. The lowest BCUT2D eigenvalue weighted by Gasteiger charge is -2.39. The van der Waals surface area contributed by atoms with Crippen LogP contribution in [-0.4, -0.2) is 5.54 Å². The predicted octanol–water partition coefficient (Wildman–Crippen LogP) is 12.1. The molecule has 1 atom stereocenters. The minimum Gasteiger partial charge on any atom is -0.325 e. The van der Waals surface area contributed by atoms with Crippen LogP contribution in [0.25, 0.3) is 0 Å². The lowest BCUT2D eigenvalue weighted by atomic mass is 9.72. The Hall–Kier alpha value is 0.440. The summed E-state index contributed by atoms with van der Waals surface area (Å²) in [6.45, 7) is 9.28. The van der Waals surface area contributed by atoms with Crippen molar-refractivity contribution in [2.24, 2.45) is 11.7 Å². The number of hydrogen-bond acceptors (Lipinski definition) is 1. The zero-order valence-electron chi connectivity index (χ0n) is 24.4. The summed E-state index contributed by atoms with van der Waals surface area (Å²) in [6, 6.07) is 0. The summed E-state index contributed by atoms with van der Waals surface area (Å²) >= 11 is 0. The van der Waals surface area contributed by atoms with Gasteiger partial charge in [-0.3, -0.25) is 0 Å². The Bertz CT molecular complexity index is 358. The Labute approximate surface area is 228 Å². The third-order valence-electron chi connectivity index (χ3n) is 8.12. The van der Waals surface area contributed by atoms with Gasteiger partial charge in [-0.2, -0.15) is 0 Å². The Balaban J connectivity index is 0. The highest BCUT2D eigenvalue weighted by Crippen LogP contribution is 2.35. The number of unbranched alkanes of at least 4 members (excludes halogenated alkanes) is 18. The molecule has 0 aliphatic heterocycles. The van der Waals surface area contributed by atoms with Crippen molar-refractivity contribution in [3.8, 4) is 0 Å². The fourth-order valence-corrected chi connectivity index (χ4v) is 5.71. The second-order valence-electron chi connectivity index (χ2n) is 11.4. The second kappa shape index (κ2) is 28.0. The molecule has 0 saturated carbocycles. The maximum absolute atomic E-state index is 7.34. The SMILES string of the molecule is Br.CCCCCCCCCCCCC(CCCCCC)C(N)(CCCCCC)CCCCCC. The number of halogens is 1. The summed E-state index contributed by atoms with van der Waals surface area (Å²) in [5.74, 6) is 0.756. The van der Waals surface area contributed by atoms with Crippen LogP contribution in [0.5, 0.6) is 0 Å². The molecule has 0 saturated heterocycles. The summed E-state index contributed by atoms with van der Waals surface area (Å²) in [5.41, 5.74) is 7.45. The number of nitrogens with two attached hydrogens (primary N) is 1. The van der Waals surface area contributed by atoms with Crippen molar-refractivity contribution >= 4 is 17.0 Å². The van der Waals surface area contributed by atoms with Crippen LogP contribution in [0.4, 0.5) is 0 Å². The summed E-state index contributed by atoms with van der Waals surface area (Å²) < 4.78 is 0. The molecule has 208 valence electrons. The van der Waals surface area contributed by atoms with Crippen LogP contribution in [0.15, 0.2) is 0 Å². The van der Waals surface area contributed by atoms with Gasteiger partial charge in [0.25, 0.3) is 0 Å². The second-order valence-corrected chi connectivity index (χ2v) is 11.4. The molecule has 2 N–H and O–H groups in total. The molecule has 0 radical (unpaired) electrons. The largest absolute Gasteiger partial charge is 0.325 e. The van der Waals surface area contributed by atoms with Crippen molar-refractivity contribution in [2.75, 3.05) is 0 Å². The summed E-state index contributed by atoms with van der Waals surface area (Å²) in [4.78, 5) is 0. The van der Waals surface area contributed by atoms with E-state index in [1.165, 1.54) is 167 Å². The van der Waals surface area contributed by atoms with Crippen LogP contribution in [0.2, 0.25) is 0 Å². The summed E-state index contributed by atoms with van der Waals surface area (Å²) in [7, 11) is 0. The Morgan fingerprint density at radius 1 is 0.412 bits per heavy atom. The number of rotatable bonds is 27. The molecule has 0 fully saturated rings. The molecule has 34 heavy (non-hydrogen) atoms. The maximum atomic E-state index is 7.34. The quantitative estimate of drug-likeness (QED) is 0.102. The van der Waals surface area contributed by atoms with Crippen molar-refractivity contribution in [3.63, 3.8) is 0 Å². The molecule has 0 spiro atoms. The van der Waals surface area contributed by atoms with Crippen molar-refractivity contribution in [1.82, 2.24) is 0 Å². The van der Waals surface area contributed by atoms with Gasteiger partial charge in [-0.15, -0.1) is 17.0 Å². The van der Waals surface area contributed by atoms with E-state index < -0.39 is 0 Å². The first-order valence-electron chi connectivity index (χ1n) is 15.9. The van der Waals surface area contributed by atoms with Crippen LogP contribution >= 0.6 is 17.0 Å². The van der Waals surface area contributed by atoms with Gasteiger partial charge in [0.05, 0.1) is 0 Å². The zero-order valence-corrected chi connectivity index (χ0v) is 26.2. The highest BCUT2D eigenvalue weighted by molar-refractivity contribution is 8.93. The van der Waals surface area contributed by atoms with Gasteiger partial charge in [-0.1, -0.05) is 169 Å². The van der Waals surface area contributed by atoms with E-state index in [1.807, 2.05) is 0 Å². The molecule has 0 aliphatic carbocycles. The van der Waals surface area contributed by atoms with Crippen LogP contribution in [0, 0.1) is 5.92 Å². The molecular weight excluding hydrogens is 478 g/mol. The molecule has 0 bridgehead atoms. The van der Waals surface area contributed by atoms with Crippen molar-refractivity contribution in [3.05, 3.63) is 0 Å². The minimum absolute atomic E-state index is 0. The molecule has 1 nitrogen and oxygen atoms in total.